The van der Waals surface area contributed by atoms with Crippen LogP contribution in [0.2, 0.25) is 0 Å². The summed E-state index contributed by atoms with van der Waals surface area (Å²) in [6, 6.07) is 2.83. The average molecular weight is 317 g/mol. The van der Waals surface area contributed by atoms with Gasteiger partial charge in [0.25, 0.3) is 0 Å². The zero-order valence-electron chi connectivity index (χ0n) is 13.9. The van der Waals surface area contributed by atoms with Gasteiger partial charge in [0.15, 0.2) is 0 Å². The van der Waals surface area contributed by atoms with E-state index in [1.165, 1.54) is 38.9 Å². The van der Waals surface area contributed by atoms with E-state index in [0.29, 0.717) is 0 Å². The predicted octanol–water partition coefficient (Wildman–Crippen LogP) is 0.983. The Hall–Kier alpha value is -1.24. The van der Waals surface area contributed by atoms with Gasteiger partial charge in [0, 0.05) is 51.5 Å². The number of aromatic nitrogens is 2. The van der Waals surface area contributed by atoms with Crippen molar-refractivity contribution in [3.8, 4) is 0 Å². The monoisotopic (exact) mass is 317 g/mol. The topological polar surface area (TPSA) is 44.7 Å². The Morgan fingerprint density at radius 2 is 2.00 bits per heavy atom. The lowest BCUT2D eigenvalue weighted by Gasteiger charge is -2.44. The molecule has 1 atom stereocenters. The second-order valence-electron chi connectivity index (χ2n) is 6.87. The van der Waals surface area contributed by atoms with E-state index in [1.807, 2.05) is 6.20 Å². The quantitative estimate of drug-likeness (QED) is 0.828. The van der Waals surface area contributed by atoms with Gasteiger partial charge in [0.1, 0.15) is 0 Å². The average Bonchev–Trinajstić information content (AvgIpc) is 2.63. The minimum Gasteiger partial charge on any atom is -0.378 e. The van der Waals surface area contributed by atoms with E-state index in [9.17, 15) is 0 Å². The van der Waals surface area contributed by atoms with Gasteiger partial charge in [0.2, 0.25) is 5.95 Å². The Bertz CT molecular complexity index is 519. The molecular weight excluding hydrogens is 290 g/mol. The number of hydrogen-bond donors (Lipinski definition) is 0. The second kappa shape index (κ2) is 7.11. The maximum Gasteiger partial charge on any atom is 0.225 e. The summed E-state index contributed by atoms with van der Waals surface area (Å²) in [6.45, 7) is 9.15. The van der Waals surface area contributed by atoms with Crippen LogP contribution in [0.25, 0.3) is 0 Å². The smallest absolute Gasteiger partial charge is 0.225 e. The number of hydrogen-bond acceptors (Lipinski definition) is 6. The van der Waals surface area contributed by atoms with E-state index < -0.39 is 0 Å². The minimum atomic E-state index is 0.762. The Labute approximate surface area is 138 Å². The van der Waals surface area contributed by atoms with Crippen LogP contribution in [0.15, 0.2) is 12.3 Å². The lowest BCUT2D eigenvalue weighted by molar-refractivity contribution is 0.0451. The number of morpholine rings is 1. The zero-order chi connectivity index (χ0) is 15.5. The molecule has 0 aromatic carbocycles. The molecule has 3 saturated heterocycles. The van der Waals surface area contributed by atoms with Crippen LogP contribution in [0.1, 0.15) is 25.0 Å². The third-order valence-electron chi connectivity index (χ3n) is 5.30. The van der Waals surface area contributed by atoms with E-state index in [2.05, 4.69) is 25.8 Å². The van der Waals surface area contributed by atoms with Gasteiger partial charge < -0.3 is 9.64 Å². The molecule has 1 aromatic rings. The van der Waals surface area contributed by atoms with Crippen LogP contribution < -0.4 is 4.90 Å². The van der Waals surface area contributed by atoms with Crippen molar-refractivity contribution in [1.82, 2.24) is 19.8 Å². The molecule has 0 amide bonds. The molecule has 3 fully saturated rings. The zero-order valence-corrected chi connectivity index (χ0v) is 13.9. The van der Waals surface area contributed by atoms with Crippen LogP contribution in [0.4, 0.5) is 5.95 Å². The number of nitrogens with zero attached hydrogens (tertiary/aromatic N) is 5. The molecule has 0 radical (unpaired) electrons. The normalized spacial score (nSPS) is 27.0. The molecule has 0 unspecified atom stereocenters. The minimum absolute atomic E-state index is 0.762. The molecule has 126 valence electrons. The van der Waals surface area contributed by atoms with Crippen molar-refractivity contribution >= 4 is 5.95 Å². The molecule has 1 aromatic heterocycles. The largest absolute Gasteiger partial charge is 0.378 e. The molecule has 23 heavy (non-hydrogen) atoms. The molecule has 6 heteroatoms. The van der Waals surface area contributed by atoms with Gasteiger partial charge in [-0.3, -0.25) is 9.80 Å². The van der Waals surface area contributed by atoms with Crippen molar-refractivity contribution in [3.63, 3.8) is 0 Å². The molecule has 0 saturated carbocycles. The standard InChI is InChI=1S/C17H27N5O/c1-2-6-21-8-7-20(14-16(21)3-1)13-15-4-5-18-17(19-15)22-9-11-23-12-10-22/h4-5,16H,1-3,6-14H2/t16-/m0/s1. The van der Waals surface area contributed by atoms with Crippen LogP contribution in [0.3, 0.4) is 0 Å². The first kappa shape index (κ1) is 15.3. The number of ether oxygens (including phenoxy) is 1. The van der Waals surface area contributed by atoms with E-state index >= 15 is 0 Å². The third kappa shape index (κ3) is 3.65. The van der Waals surface area contributed by atoms with E-state index in [4.69, 9.17) is 9.72 Å². The number of piperazine rings is 1. The van der Waals surface area contributed by atoms with Crippen LogP contribution in [0, 0.1) is 0 Å². The molecule has 0 aliphatic carbocycles. The van der Waals surface area contributed by atoms with E-state index in [1.54, 1.807) is 0 Å². The number of anilines is 1. The molecule has 0 spiro atoms. The highest BCUT2D eigenvalue weighted by Crippen LogP contribution is 2.22. The summed E-state index contributed by atoms with van der Waals surface area (Å²) >= 11 is 0. The van der Waals surface area contributed by atoms with E-state index in [-0.39, 0.29) is 0 Å². The highest BCUT2D eigenvalue weighted by Gasteiger charge is 2.29. The van der Waals surface area contributed by atoms with Gasteiger partial charge in [-0.15, -0.1) is 0 Å². The summed E-state index contributed by atoms with van der Waals surface area (Å²) in [6.07, 6.45) is 6.04. The molecule has 6 nitrogen and oxygen atoms in total. The Balaban J connectivity index is 1.38. The Morgan fingerprint density at radius 1 is 1.09 bits per heavy atom. The van der Waals surface area contributed by atoms with Gasteiger partial charge in [-0.25, -0.2) is 9.97 Å². The van der Waals surface area contributed by atoms with Crippen LogP contribution in [0.5, 0.6) is 0 Å². The van der Waals surface area contributed by atoms with Crippen LogP contribution in [-0.2, 0) is 11.3 Å². The highest BCUT2D eigenvalue weighted by atomic mass is 16.5. The summed E-state index contributed by atoms with van der Waals surface area (Å²) in [5, 5.41) is 0. The first-order valence-electron chi connectivity index (χ1n) is 8.99. The van der Waals surface area contributed by atoms with Gasteiger partial charge in [-0.2, -0.15) is 0 Å². The fourth-order valence-electron chi connectivity index (χ4n) is 3.98. The lowest BCUT2D eigenvalue weighted by Crippen LogP contribution is -2.54. The summed E-state index contributed by atoms with van der Waals surface area (Å²) in [5.41, 5.74) is 1.14. The predicted molar refractivity (Wildman–Crippen MR) is 89.6 cm³/mol. The molecule has 3 aliphatic rings. The van der Waals surface area contributed by atoms with E-state index in [0.717, 1.165) is 57.1 Å². The van der Waals surface area contributed by atoms with Crippen molar-refractivity contribution in [2.24, 2.45) is 0 Å². The third-order valence-corrected chi connectivity index (χ3v) is 5.30. The fraction of sp³-hybridized carbons (Fsp3) is 0.765. The molecule has 0 N–H and O–H groups in total. The highest BCUT2D eigenvalue weighted by molar-refractivity contribution is 5.30. The molecule has 3 aliphatic heterocycles. The number of piperidine rings is 1. The summed E-state index contributed by atoms with van der Waals surface area (Å²) in [5.74, 6) is 0.863. The Kier molecular flexibility index (Phi) is 4.73. The number of rotatable bonds is 3. The summed E-state index contributed by atoms with van der Waals surface area (Å²) in [4.78, 5) is 16.7. The molecule has 0 bridgehead atoms. The molecular formula is C17H27N5O. The summed E-state index contributed by atoms with van der Waals surface area (Å²) in [7, 11) is 0. The first-order chi connectivity index (χ1) is 11.4. The van der Waals surface area contributed by atoms with Crippen LogP contribution >= 0.6 is 0 Å². The van der Waals surface area contributed by atoms with Gasteiger partial charge in [-0.1, -0.05) is 6.42 Å². The maximum atomic E-state index is 5.41. The molecule has 4 rings (SSSR count). The molecule has 4 heterocycles. The van der Waals surface area contributed by atoms with Gasteiger partial charge in [-0.05, 0) is 25.5 Å². The first-order valence-corrected chi connectivity index (χ1v) is 8.99. The van der Waals surface area contributed by atoms with Crippen molar-refractivity contribution in [2.75, 3.05) is 57.4 Å². The van der Waals surface area contributed by atoms with Crippen molar-refractivity contribution < 1.29 is 4.74 Å². The van der Waals surface area contributed by atoms with Crippen molar-refractivity contribution in [3.05, 3.63) is 18.0 Å². The van der Waals surface area contributed by atoms with Gasteiger partial charge >= 0.3 is 0 Å². The fourth-order valence-corrected chi connectivity index (χ4v) is 3.98. The Morgan fingerprint density at radius 3 is 2.91 bits per heavy atom. The van der Waals surface area contributed by atoms with Crippen LogP contribution in [-0.4, -0.2) is 78.3 Å². The summed E-state index contributed by atoms with van der Waals surface area (Å²) < 4.78 is 5.41. The number of fused-ring (bicyclic) bond motifs is 1. The second-order valence-corrected chi connectivity index (χ2v) is 6.87. The van der Waals surface area contributed by atoms with Crippen molar-refractivity contribution in [1.29, 1.82) is 0 Å². The maximum absolute atomic E-state index is 5.41. The lowest BCUT2D eigenvalue weighted by atomic mass is 9.99. The van der Waals surface area contributed by atoms with Crippen molar-refractivity contribution in [2.45, 2.75) is 31.8 Å². The SMILES string of the molecule is c1cc(CN2CCN3CCCC[C@H]3C2)nc(N2CCOCC2)n1. The van der Waals surface area contributed by atoms with Gasteiger partial charge in [0.05, 0.1) is 18.9 Å².